The molecular formula is C10H8N3+. The molecule has 0 amide bonds. The van der Waals surface area contributed by atoms with Crippen LogP contribution in [-0.4, -0.2) is 6.21 Å². The van der Waals surface area contributed by atoms with Crippen molar-refractivity contribution in [2.24, 2.45) is 4.99 Å². The Hall–Kier alpha value is -1.95. The zero-order chi connectivity index (χ0) is 9.10. The lowest BCUT2D eigenvalue weighted by atomic mass is 10.0. The maximum atomic E-state index is 8.60. The van der Waals surface area contributed by atoms with Crippen molar-refractivity contribution in [2.45, 2.75) is 6.42 Å². The highest BCUT2D eigenvalue weighted by molar-refractivity contribution is 5.75. The highest BCUT2D eigenvalue weighted by atomic mass is 14.9. The van der Waals surface area contributed by atoms with Gasteiger partial charge in [-0.15, -0.1) is 0 Å². The van der Waals surface area contributed by atoms with Crippen LogP contribution in [0.4, 0.5) is 0 Å². The van der Waals surface area contributed by atoms with Gasteiger partial charge in [-0.05, 0) is 17.7 Å². The predicted molar refractivity (Wildman–Crippen MR) is 51.6 cm³/mol. The Morgan fingerprint density at radius 3 is 3.00 bits per heavy atom. The van der Waals surface area contributed by atoms with E-state index < -0.39 is 0 Å². The molecule has 0 radical (unpaired) electrons. The molecular weight excluding hydrogens is 162 g/mol. The topological polar surface area (TPSA) is 40.5 Å². The molecule has 3 heteroatoms. The quantitative estimate of drug-likeness (QED) is 0.515. The van der Waals surface area contributed by atoms with Gasteiger partial charge in [-0.2, -0.15) is 0 Å². The van der Waals surface area contributed by atoms with Crippen molar-refractivity contribution in [1.82, 2.24) is 0 Å². The van der Waals surface area contributed by atoms with E-state index in [1.54, 1.807) is 12.3 Å². The molecule has 1 aliphatic heterocycles. The third-order valence-corrected chi connectivity index (χ3v) is 1.97. The lowest BCUT2D eigenvalue weighted by Crippen LogP contribution is -1.93. The summed E-state index contributed by atoms with van der Waals surface area (Å²) in [4.78, 5) is 7.40. The molecule has 1 heterocycles. The summed E-state index contributed by atoms with van der Waals surface area (Å²) in [6.07, 6.45) is 11.8. The summed E-state index contributed by atoms with van der Waals surface area (Å²) in [6, 6.07) is 0. The largest absolute Gasteiger partial charge is 0.366 e. The highest BCUT2D eigenvalue weighted by Crippen LogP contribution is 2.26. The van der Waals surface area contributed by atoms with Crippen molar-refractivity contribution in [2.75, 3.05) is 0 Å². The zero-order valence-electron chi connectivity index (χ0n) is 7.01. The normalized spacial score (nSPS) is 19.2. The predicted octanol–water partition coefficient (Wildman–Crippen LogP) is 2.58. The molecule has 0 bridgehead atoms. The van der Waals surface area contributed by atoms with Crippen molar-refractivity contribution in [1.29, 1.82) is 5.39 Å². The first kappa shape index (κ1) is 7.69. The van der Waals surface area contributed by atoms with Gasteiger partial charge in [0.15, 0.2) is 4.98 Å². The molecule has 0 fully saturated rings. The van der Waals surface area contributed by atoms with E-state index in [0.29, 0.717) is 12.1 Å². The van der Waals surface area contributed by atoms with Crippen molar-refractivity contribution in [3.05, 3.63) is 52.3 Å². The van der Waals surface area contributed by atoms with Crippen LogP contribution in [0.1, 0.15) is 6.42 Å². The van der Waals surface area contributed by atoms with E-state index in [1.807, 2.05) is 24.3 Å². The second kappa shape index (κ2) is 3.20. The Morgan fingerprint density at radius 1 is 1.23 bits per heavy atom. The van der Waals surface area contributed by atoms with Crippen LogP contribution in [0.25, 0.3) is 4.98 Å². The van der Waals surface area contributed by atoms with Gasteiger partial charge in [-0.3, -0.25) is 4.99 Å². The van der Waals surface area contributed by atoms with Crippen LogP contribution in [-0.2, 0) is 0 Å². The first-order valence-electron chi connectivity index (χ1n) is 4.06. The van der Waals surface area contributed by atoms with E-state index in [2.05, 4.69) is 9.97 Å². The van der Waals surface area contributed by atoms with E-state index in [9.17, 15) is 0 Å². The Balaban J connectivity index is 2.42. The molecule has 0 saturated carbocycles. The molecule has 0 spiro atoms. The Labute approximate surface area is 76.1 Å². The maximum Gasteiger partial charge on any atom is 0.366 e. The lowest BCUT2D eigenvalue weighted by molar-refractivity contribution is 1.10. The van der Waals surface area contributed by atoms with Crippen LogP contribution >= 0.6 is 0 Å². The summed E-state index contributed by atoms with van der Waals surface area (Å²) in [7, 11) is 0. The molecule has 2 rings (SSSR count). The lowest BCUT2D eigenvalue weighted by Gasteiger charge is -2.04. The smallest absolute Gasteiger partial charge is 0.257 e. The van der Waals surface area contributed by atoms with Crippen LogP contribution < -0.4 is 0 Å². The van der Waals surface area contributed by atoms with Gasteiger partial charge in [0.2, 0.25) is 5.39 Å². The van der Waals surface area contributed by atoms with Crippen LogP contribution in [0.15, 0.2) is 52.3 Å². The van der Waals surface area contributed by atoms with Crippen LogP contribution in [0, 0.1) is 5.39 Å². The monoisotopic (exact) mass is 170 g/mol. The highest BCUT2D eigenvalue weighted by Gasteiger charge is 2.19. The molecule has 1 aliphatic carbocycles. The molecule has 0 unspecified atom stereocenters. The van der Waals surface area contributed by atoms with Crippen LogP contribution in [0.5, 0.6) is 0 Å². The third kappa shape index (κ3) is 1.47. The number of fused-ring (bicyclic) bond motifs is 1. The minimum atomic E-state index is 0.643. The molecule has 0 aromatic rings. The number of allylic oxidation sites excluding steroid dienone is 7. The van der Waals surface area contributed by atoms with Gasteiger partial charge in [0.25, 0.3) is 0 Å². The second-order valence-electron chi connectivity index (χ2n) is 2.84. The van der Waals surface area contributed by atoms with Gasteiger partial charge in [-0.1, -0.05) is 12.2 Å². The van der Waals surface area contributed by atoms with Crippen LogP contribution in [0.3, 0.4) is 0 Å². The van der Waals surface area contributed by atoms with E-state index in [0.717, 1.165) is 11.3 Å². The van der Waals surface area contributed by atoms with Crippen molar-refractivity contribution in [3.63, 3.8) is 0 Å². The van der Waals surface area contributed by atoms with Gasteiger partial charge in [0.05, 0.1) is 12.1 Å². The Morgan fingerprint density at radius 2 is 2.15 bits per heavy atom. The molecule has 3 nitrogen and oxygen atoms in total. The third-order valence-electron chi connectivity index (χ3n) is 1.97. The van der Waals surface area contributed by atoms with Gasteiger partial charge in [0, 0.05) is 12.3 Å². The molecule has 0 aromatic heterocycles. The average Bonchev–Trinajstić information content (AvgIpc) is 2.41. The molecule has 0 N–H and O–H groups in total. The molecule has 0 atom stereocenters. The van der Waals surface area contributed by atoms with Crippen molar-refractivity contribution < 1.29 is 0 Å². The van der Waals surface area contributed by atoms with Gasteiger partial charge in [0.1, 0.15) is 0 Å². The number of nitrogens with zero attached hydrogens (tertiary/aromatic N) is 3. The first-order valence-corrected chi connectivity index (χ1v) is 4.06. The summed E-state index contributed by atoms with van der Waals surface area (Å²) in [5, 5.41) is 8.60. The molecule has 13 heavy (non-hydrogen) atoms. The van der Waals surface area contributed by atoms with E-state index >= 15 is 0 Å². The number of rotatable bonds is 0. The SMILES string of the molecule is N#[N+]C1=CC=C2N=CC=CC=C2C1. The Kier molecular flexibility index (Phi) is 1.89. The number of aliphatic imine (C=N–C) groups is 1. The maximum absolute atomic E-state index is 8.60. The van der Waals surface area contributed by atoms with Gasteiger partial charge < -0.3 is 0 Å². The molecule has 2 aliphatic rings. The summed E-state index contributed by atoms with van der Waals surface area (Å²) in [5.41, 5.74) is 2.69. The van der Waals surface area contributed by atoms with E-state index in [-0.39, 0.29) is 0 Å². The average molecular weight is 170 g/mol. The number of hydrogen-bond donors (Lipinski definition) is 0. The standard InChI is InChI=1S/C10H8N3/c11-13-9-4-5-10-8(7-9)3-1-2-6-12-10/h1-6H,7H2/q+1. The Bertz CT molecular complexity index is 414. The first-order chi connectivity index (χ1) is 6.40. The molecule has 0 aromatic carbocycles. The van der Waals surface area contributed by atoms with Gasteiger partial charge >= 0.3 is 5.70 Å². The minimum absolute atomic E-state index is 0.643. The summed E-state index contributed by atoms with van der Waals surface area (Å²) in [6.45, 7) is 0. The fraction of sp³-hybridized carbons (Fsp3) is 0.100. The van der Waals surface area contributed by atoms with Gasteiger partial charge in [-0.25, -0.2) is 0 Å². The summed E-state index contributed by atoms with van der Waals surface area (Å²) < 4.78 is 0. The molecule has 0 saturated heterocycles. The van der Waals surface area contributed by atoms with Crippen LogP contribution in [0.2, 0.25) is 0 Å². The van der Waals surface area contributed by atoms with E-state index in [1.165, 1.54) is 0 Å². The number of hydrogen-bond acceptors (Lipinski definition) is 2. The van der Waals surface area contributed by atoms with Crippen molar-refractivity contribution in [3.8, 4) is 0 Å². The summed E-state index contributed by atoms with van der Waals surface area (Å²) >= 11 is 0. The molecule has 62 valence electrons. The van der Waals surface area contributed by atoms with E-state index in [4.69, 9.17) is 5.39 Å². The number of diazo groups is 1. The fourth-order valence-electron chi connectivity index (χ4n) is 1.31. The fourth-order valence-corrected chi connectivity index (χ4v) is 1.31. The van der Waals surface area contributed by atoms with Crippen molar-refractivity contribution >= 4 is 6.21 Å². The summed E-state index contributed by atoms with van der Waals surface area (Å²) in [5.74, 6) is 0. The zero-order valence-corrected chi connectivity index (χ0v) is 7.01. The minimum Gasteiger partial charge on any atom is -0.257 e. The second-order valence-corrected chi connectivity index (χ2v) is 2.84.